The molecule has 0 amide bonds. The molecule has 6 nitrogen and oxygen atoms in total. The van der Waals surface area contributed by atoms with Crippen LogP contribution in [0.3, 0.4) is 0 Å². The molecule has 26 heavy (non-hydrogen) atoms. The highest BCUT2D eigenvalue weighted by Gasteiger charge is 2.14. The van der Waals surface area contributed by atoms with Gasteiger partial charge in [0.2, 0.25) is 0 Å². The lowest BCUT2D eigenvalue weighted by molar-refractivity contribution is 0.0526. The number of ether oxygens (including phenoxy) is 1. The molecule has 2 aromatic heterocycles. The molecule has 0 fully saturated rings. The molecule has 0 unspecified atom stereocenters. The fraction of sp³-hybridized carbons (Fsp3) is 0.176. The maximum atomic E-state index is 13.0. The number of nitrogen functional groups attached to an aromatic ring is 1. The number of halogens is 1. The Kier molecular flexibility index (Phi) is 5.79. The maximum absolute atomic E-state index is 13.0. The van der Waals surface area contributed by atoms with Crippen LogP contribution in [0, 0.1) is 5.82 Å². The molecule has 0 spiro atoms. The number of nitrogens with two attached hydrogens (primary N) is 1. The zero-order valence-electron chi connectivity index (χ0n) is 13.8. The van der Waals surface area contributed by atoms with Crippen molar-refractivity contribution in [3.05, 3.63) is 52.9 Å². The van der Waals surface area contributed by atoms with E-state index in [0.717, 1.165) is 16.3 Å². The van der Waals surface area contributed by atoms with Crippen molar-refractivity contribution >= 4 is 34.9 Å². The van der Waals surface area contributed by atoms with Gasteiger partial charge in [-0.1, -0.05) is 11.8 Å². The van der Waals surface area contributed by atoms with E-state index in [4.69, 9.17) is 10.5 Å². The van der Waals surface area contributed by atoms with Crippen molar-refractivity contribution in [2.75, 3.05) is 12.3 Å². The molecule has 3 aromatic rings. The Labute approximate surface area is 157 Å². The minimum absolute atomic E-state index is 0.0891. The van der Waals surface area contributed by atoms with Crippen LogP contribution in [0.15, 0.2) is 41.0 Å². The highest BCUT2D eigenvalue weighted by molar-refractivity contribution is 7.98. The molecular formula is C17H15FN4O2S2. The van der Waals surface area contributed by atoms with Crippen LogP contribution in [0.1, 0.15) is 23.0 Å². The molecule has 0 saturated carbocycles. The van der Waals surface area contributed by atoms with E-state index in [9.17, 15) is 9.18 Å². The van der Waals surface area contributed by atoms with E-state index in [1.807, 2.05) is 5.38 Å². The van der Waals surface area contributed by atoms with Gasteiger partial charge >= 0.3 is 5.97 Å². The quantitative estimate of drug-likeness (QED) is 0.389. The summed E-state index contributed by atoms with van der Waals surface area (Å²) in [5.74, 6) is -0.172. The topological polar surface area (TPSA) is 91.0 Å². The number of carbonyl (C=O) groups is 1. The Balaban J connectivity index is 1.65. The Bertz CT molecular complexity index is 915. The van der Waals surface area contributed by atoms with E-state index in [0.29, 0.717) is 10.9 Å². The summed E-state index contributed by atoms with van der Waals surface area (Å²) >= 11 is 2.85. The molecular weight excluding hydrogens is 375 g/mol. The minimum atomic E-state index is -0.537. The number of hydrogen-bond acceptors (Lipinski definition) is 8. The number of thioether (sulfide) groups is 1. The molecule has 3 rings (SSSR count). The Hall–Kier alpha value is -2.52. The monoisotopic (exact) mass is 390 g/mol. The van der Waals surface area contributed by atoms with E-state index < -0.39 is 5.97 Å². The van der Waals surface area contributed by atoms with Crippen LogP contribution in [0.2, 0.25) is 0 Å². The smallest absolute Gasteiger partial charge is 0.343 e. The van der Waals surface area contributed by atoms with Crippen LogP contribution in [-0.2, 0) is 10.5 Å². The van der Waals surface area contributed by atoms with E-state index in [1.54, 1.807) is 19.1 Å². The summed E-state index contributed by atoms with van der Waals surface area (Å²) in [7, 11) is 0. The molecule has 0 saturated heterocycles. The van der Waals surface area contributed by atoms with Crippen molar-refractivity contribution in [3.8, 4) is 10.6 Å². The van der Waals surface area contributed by atoms with Gasteiger partial charge < -0.3 is 10.5 Å². The first kappa shape index (κ1) is 18.3. The predicted molar refractivity (Wildman–Crippen MR) is 99.5 cm³/mol. The number of rotatable bonds is 6. The Morgan fingerprint density at radius 2 is 2.08 bits per heavy atom. The van der Waals surface area contributed by atoms with Gasteiger partial charge in [0.15, 0.2) is 5.16 Å². The fourth-order valence-corrected chi connectivity index (χ4v) is 3.70. The van der Waals surface area contributed by atoms with Gasteiger partial charge in [0.25, 0.3) is 0 Å². The molecule has 2 N–H and O–H groups in total. The molecule has 0 aliphatic heterocycles. The lowest BCUT2D eigenvalue weighted by atomic mass is 10.2. The average molecular weight is 390 g/mol. The van der Waals surface area contributed by atoms with E-state index >= 15 is 0 Å². The third kappa shape index (κ3) is 4.36. The Morgan fingerprint density at radius 1 is 1.31 bits per heavy atom. The summed E-state index contributed by atoms with van der Waals surface area (Å²) < 4.78 is 17.9. The first-order chi connectivity index (χ1) is 12.6. The number of nitrogens with zero attached hydrogens (tertiary/aromatic N) is 3. The lowest BCUT2D eigenvalue weighted by Gasteiger charge is -2.05. The molecule has 2 heterocycles. The molecule has 0 aliphatic rings. The summed E-state index contributed by atoms with van der Waals surface area (Å²) in [5, 5.41) is 3.20. The third-order valence-corrected chi connectivity index (χ3v) is 5.12. The second-order valence-electron chi connectivity index (χ2n) is 5.11. The number of hydrogen-bond donors (Lipinski definition) is 1. The van der Waals surface area contributed by atoms with Crippen molar-refractivity contribution in [1.29, 1.82) is 0 Å². The molecule has 1 aromatic carbocycles. The highest BCUT2D eigenvalue weighted by atomic mass is 32.2. The number of benzene rings is 1. The fourth-order valence-electron chi connectivity index (χ4n) is 2.05. The Morgan fingerprint density at radius 3 is 2.77 bits per heavy atom. The second-order valence-corrected chi connectivity index (χ2v) is 6.91. The molecule has 9 heteroatoms. The van der Waals surface area contributed by atoms with Gasteiger partial charge in [-0.25, -0.2) is 24.1 Å². The number of anilines is 1. The van der Waals surface area contributed by atoms with Gasteiger partial charge in [-0.15, -0.1) is 11.3 Å². The van der Waals surface area contributed by atoms with Crippen LogP contribution in [0.5, 0.6) is 0 Å². The van der Waals surface area contributed by atoms with Gasteiger partial charge in [-0.05, 0) is 31.2 Å². The van der Waals surface area contributed by atoms with Crippen molar-refractivity contribution in [2.24, 2.45) is 0 Å². The molecule has 0 aliphatic carbocycles. The first-order valence-electron chi connectivity index (χ1n) is 7.69. The summed E-state index contributed by atoms with van der Waals surface area (Å²) in [6, 6.07) is 6.21. The number of carbonyl (C=O) groups excluding carboxylic acids is 1. The zero-order valence-corrected chi connectivity index (χ0v) is 15.4. The van der Waals surface area contributed by atoms with Crippen LogP contribution < -0.4 is 5.73 Å². The SMILES string of the molecule is CCOC(=O)c1cnc(SCc2csc(-c3ccc(F)cc3)n2)nc1N. The van der Waals surface area contributed by atoms with Crippen LogP contribution in [0.4, 0.5) is 10.2 Å². The number of esters is 1. The normalized spacial score (nSPS) is 10.7. The van der Waals surface area contributed by atoms with Gasteiger partial charge in [0.1, 0.15) is 22.2 Å². The van der Waals surface area contributed by atoms with Crippen LogP contribution >= 0.6 is 23.1 Å². The zero-order chi connectivity index (χ0) is 18.5. The largest absolute Gasteiger partial charge is 0.462 e. The van der Waals surface area contributed by atoms with Gasteiger partial charge in [-0.3, -0.25) is 0 Å². The summed E-state index contributed by atoms with van der Waals surface area (Å²) in [5.41, 5.74) is 7.69. The summed E-state index contributed by atoms with van der Waals surface area (Å²) in [4.78, 5) is 24.5. The predicted octanol–water partition coefficient (Wildman–Crippen LogP) is 3.79. The molecule has 0 bridgehead atoms. The lowest BCUT2D eigenvalue weighted by Crippen LogP contribution is -2.10. The highest BCUT2D eigenvalue weighted by Crippen LogP contribution is 2.27. The first-order valence-corrected chi connectivity index (χ1v) is 9.56. The van der Waals surface area contributed by atoms with E-state index in [2.05, 4.69) is 15.0 Å². The molecule has 134 valence electrons. The standard InChI is InChI=1S/C17H15FN4O2S2/c1-2-24-16(23)13-7-20-17(22-14(13)19)26-9-12-8-25-15(21-12)10-3-5-11(18)6-4-10/h3-8H,2,9H2,1H3,(H2,19,20,22). The minimum Gasteiger partial charge on any atom is -0.462 e. The van der Waals surface area contributed by atoms with E-state index in [1.165, 1.54) is 41.4 Å². The summed E-state index contributed by atoms with van der Waals surface area (Å²) in [6.07, 6.45) is 1.37. The van der Waals surface area contributed by atoms with Crippen molar-refractivity contribution in [3.63, 3.8) is 0 Å². The molecule has 0 atom stereocenters. The van der Waals surface area contributed by atoms with Crippen molar-refractivity contribution in [1.82, 2.24) is 15.0 Å². The van der Waals surface area contributed by atoms with Gasteiger partial charge in [0.05, 0.1) is 12.3 Å². The van der Waals surface area contributed by atoms with Crippen LogP contribution in [0.25, 0.3) is 10.6 Å². The average Bonchev–Trinajstić information content (AvgIpc) is 3.10. The van der Waals surface area contributed by atoms with Crippen LogP contribution in [-0.4, -0.2) is 27.5 Å². The number of thiazole rings is 1. The van der Waals surface area contributed by atoms with Crippen molar-refractivity contribution < 1.29 is 13.9 Å². The second kappa shape index (κ2) is 8.24. The van der Waals surface area contributed by atoms with Gasteiger partial charge in [0, 0.05) is 22.9 Å². The molecule has 0 radical (unpaired) electrons. The maximum Gasteiger partial charge on any atom is 0.343 e. The van der Waals surface area contributed by atoms with Gasteiger partial charge in [-0.2, -0.15) is 0 Å². The summed E-state index contributed by atoms with van der Waals surface area (Å²) in [6.45, 7) is 1.97. The van der Waals surface area contributed by atoms with Crippen molar-refractivity contribution in [2.45, 2.75) is 17.8 Å². The third-order valence-electron chi connectivity index (χ3n) is 3.28. The number of aromatic nitrogens is 3. The van der Waals surface area contributed by atoms with E-state index in [-0.39, 0.29) is 23.8 Å².